The van der Waals surface area contributed by atoms with Gasteiger partial charge in [-0.05, 0) is 43.7 Å². The summed E-state index contributed by atoms with van der Waals surface area (Å²) >= 11 is 3.37. The average molecular weight is 445 g/mol. The molecular formula is C21H21BrN2O4. The molecule has 7 heteroatoms. The van der Waals surface area contributed by atoms with Crippen LogP contribution >= 0.6 is 15.9 Å². The van der Waals surface area contributed by atoms with Crippen LogP contribution in [0, 0.1) is 0 Å². The van der Waals surface area contributed by atoms with E-state index in [1.165, 1.54) is 4.90 Å². The van der Waals surface area contributed by atoms with Crippen LogP contribution in [0.3, 0.4) is 0 Å². The molecule has 0 atom stereocenters. The maximum Gasteiger partial charge on any atom is 0.329 e. The fourth-order valence-electron chi connectivity index (χ4n) is 2.81. The first-order valence-corrected chi connectivity index (χ1v) is 9.61. The molecule has 3 amide bonds. The van der Waals surface area contributed by atoms with Crippen LogP contribution in [0.15, 0.2) is 52.6 Å². The van der Waals surface area contributed by atoms with Crippen LogP contribution in [-0.4, -0.2) is 30.1 Å². The largest absolute Gasteiger partial charge is 0.493 e. The fourth-order valence-corrected chi connectivity index (χ4v) is 3.08. The van der Waals surface area contributed by atoms with Crippen molar-refractivity contribution in [3.05, 3.63) is 63.8 Å². The van der Waals surface area contributed by atoms with Gasteiger partial charge in [0.2, 0.25) is 0 Å². The minimum atomic E-state index is -0.451. The van der Waals surface area contributed by atoms with Crippen molar-refractivity contribution in [3.8, 4) is 11.5 Å². The van der Waals surface area contributed by atoms with E-state index in [1.54, 1.807) is 25.3 Å². The molecule has 0 saturated carbocycles. The first-order valence-electron chi connectivity index (χ1n) is 8.81. The van der Waals surface area contributed by atoms with Gasteiger partial charge < -0.3 is 14.8 Å². The molecule has 0 aliphatic carbocycles. The molecule has 6 nitrogen and oxygen atoms in total. The summed E-state index contributed by atoms with van der Waals surface area (Å²) in [6, 6.07) is 12.4. The molecule has 28 heavy (non-hydrogen) atoms. The molecule has 1 heterocycles. The van der Waals surface area contributed by atoms with Gasteiger partial charge in [-0.15, -0.1) is 0 Å². The zero-order valence-corrected chi connectivity index (χ0v) is 17.4. The summed E-state index contributed by atoms with van der Waals surface area (Å²) in [5, 5.41) is 2.64. The number of carbonyl (C=O) groups excluding carboxylic acids is 2. The molecule has 0 bridgehead atoms. The van der Waals surface area contributed by atoms with Gasteiger partial charge in [0, 0.05) is 10.0 Å². The van der Waals surface area contributed by atoms with E-state index >= 15 is 0 Å². The van der Waals surface area contributed by atoms with Crippen molar-refractivity contribution in [1.29, 1.82) is 0 Å². The summed E-state index contributed by atoms with van der Waals surface area (Å²) in [5.41, 5.74) is 1.71. The van der Waals surface area contributed by atoms with Gasteiger partial charge in [-0.1, -0.05) is 40.2 Å². The van der Waals surface area contributed by atoms with Gasteiger partial charge in [-0.25, -0.2) is 4.79 Å². The predicted molar refractivity (Wildman–Crippen MR) is 110 cm³/mol. The third-order valence-electron chi connectivity index (χ3n) is 4.10. The van der Waals surface area contributed by atoms with Crippen LogP contribution in [0.1, 0.15) is 25.0 Å². The van der Waals surface area contributed by atoms with E-state index in [0.717, 1.165) is 10.0 Å². The Hall–Kier alpha value is -2.80. The van der Waals surface area contributed by atoms with E-state index in [2.05, 4.69) is 21.2 Å². The second-order valence-corrected chi connectivity index (χ2v) is 7.47. The van der Waals surface area contributed by atoms with Gasteiger partial charge >= 0.3 is 6.03 Å². The molecule has 1 saturated heterocycles. The summed E-state index contributed by atoms with van der Waals surface area (Å²) in [6.07, 6.45) is 1.54. The number of rotatable bonds is 6. The van der Waals surface area contributed by atoms with Crippen LogP contribution in [0.5, 0.6) is 11.5 Å². The highest BCUT2D eigenvalue weighted by atomic mass is 79.9. The number of nitrogens with zero attached hydrogens (tertiary/aromatic N) is 1. The van der Waals surface area contributed by atoms with Gasteiger partial charge in [0.1, 0.15) is 5.70 Å². The summed E-state index contributed by atoms with van der Waals surface area (Å²) in [4.78, 5) is 26.3. The average Bonchev–Trinajstić information content (AvgIpc) is 2.92. The minimum absolute atomic E-state index is 0.0729. The number of amides is 3. The molecule has 0 unspecified atom stereocenters. The molecule has 2 aromatic carbocycles. The highest BCUT2D eigenvalue weighted by Gasteiger charge is 2.33. The predicted octanol–water partition coefficient (Wildman–Crippen LogP) is 4.34. The number of carbonyl (C=O) groups is 2. The Balaban J connectivity index is 1.88. The Morgan fingerprint density at radius 2 is 1.86 bits per heavy atom. The van der Waals surface area contributed by atoms with Crippen molar-refractivity contribution in [3.63, 3.8) is 0 Å². The molecule has 1 aliphatic rings. The zero-order chi connectivity index (χ0) is 20.3. The number of ether oxygens (including phenoxy) is 2. The van der Waals surface area contributed by atoms with Crippen molar-refractivity contribution in [1.82, 2.24) is 10.2 Å². The minimum Gasteiger partial charge on any atom is -0.493 e. The van der Waals surface area contributed by atoms with E-state index in [-0.39, 0.29) is 24.3 Å². The third-order valence-corrected chi connectivity index (χ3v) is 4.63. The van der Waals surface area contributed by atoms with E-state index in [9.17, 15) is 9.59 Å². The number of hydrogen-bond acceptors (Lipinski definition) is 4. The second-order valence-electron chi connectivity index (χ2n) is 6.55. The molecule has 1 N–H and O–H groups in total. The maximum absolute atomic E-state index is 12.8. The second kappa shape index (κ2) is 8.48. The smallest absolute Gasteiger partial charge is 0.329 e. The molecule has 0 spiro atoms. The molecular weight excluding hydrogens is 424 g/mol. The summed E-state index contributed by atoms with van der Waals surface area (Å²) in [7, 11) is 1.56. The Bertz CT molecular complexity index is 923. The first-order chi connectivity index (χ1) is 13.4. The van der Waals surface area contributed by atoms with Gasteiger partial charge in [0.15, 0.2) is 11.5 Å². The van der Waals surface area contributed by atoms with Gasteiger partial charge in [-0.2, -0.15) is 0 Å². The SMILES string of the molecule is COc1cccc(C=C2NC(=O)N(Cc3ccc(Br)cc3)C2=O)c1OC(C)C. The number of nitrogens with one attached hydrogen (secondary N) is 1. The number of methoxy groups -OCH3 is 1. The quantitative estimate of drug-likeness (QED) is 0.531. The normalized spacial score (nSPS) is 15.3. The summed E-state index contributed by atoms with van der Waals surface area (Å²) in [5.74, 6) is 0.707. The van der Waals surface area contributed by atoms with Crippen LogP contribution in [-0.2, 0) is 11.3 Å². The number of halogens is 1. The van der Waals surface area contributed by atoms with Crippen LogP contribution < -0.4 is 14.8 Å². The first kappa shape index (κ1) is 19.9. The molecule has 0 aromatic heterocycles. The maximum atomic E-state index is 12.8. The van der Waals surface area contributed by atoms with Crippen molar-refractivity contribution in [2.45, 2.75) is 26.5 Å². The summed E-state index contributed by atoms with van der Waals surface area (Å²) in [6.45, 7) is 4.01. The summed E-state index contributed by atoms with van der Waals surface area (Å²) < 4.78 is 12.2. The Morgan fingerprint density at radius 1 is 1.14 bits per heavy atom. The van der Waals surface area contributed by atoms with Crippen LogP contribution in [0.25, 0.3) is 6.08 Å². The molecule has 146 valence electrons. The number of benzene rings is 2. The molecule has 1 fully saturated rings. The lowest BCUT2D eigenvalue weighted by molar-refractivity contribution is -0.123. The number of urea groups is 1. The van der Waals surface area contributed by atoms with E-state index in [1.807, 2.05) is 44.2 Å². The van der Waals surface area contributed by atoms with E-state index in [0.29, 0.717) is 17.1 Å². The number of para-hydroxylation sites is 1. The molecule has 0 radical (unpaired) electrons. The Kier molecular flexibility index (Phi) is 6.04. The zero-order valence-electron chi connectivity index (χ0n) is 15.9. The highest BCUT2D eigenvalue weighted by molar-refractivity contribution is 9.10. The molecule has 3 rings (SSSR count). The standard InChI is InChI=1S/C21H21BrN2O4/c1-13(2)28-19-15(5-4-6-18(19)27-3)11-17-20(25)24(21(26)23-17)12-14-7-9-16(22)10-8-14/h4-11,13H,12H2,1-3H3,(H,23,26). The number of imide groups is 1. The van der Waals surface area contributed by atoms with Crippen molar-refractivity contribution in [2.75, 3.05) is 7.11 Å². The van der Waals surface area contributed by atoms with Gasteiger partial charge in [0.05, 0.1) is 19.8 Å². The van der Waals surface area contributed by atoms with Crippen molar-refractivity contribution < 1.29 is 19.1 Å². The Labute approximate surface area is 172 Å². The lowest BCUT2D eigenvalue weighted by Crippen LogP contribution is -2.30. The van der Waals surface area contributed by atoms with E-state index in [4.69, 9.17) is 9.47 Å². The third kappa shape index (κ3) is 4.36. The van der Waals surface area contributed by atoms with Gasteiger partial charge in [-0.3, -0.25) is 9.69 Å². The highest BCUT2D eigenvalue weighted by Crippen LogP contribution is 2.34. The topological polar surface area (TPSA) is 67.9 Å². The molecule has 1 aliphatic heterocycles. The molecule has 2 aromatic rings. The number of hydrogen-bond donors (Lipinski definition) is 1. The van der Waals surface area contributed by atoms with Crippen molar-refractivity contribution in [2.24, 2.45) is 0 Å². The lowest BCUT2D eigenvalue weighted by Gasteiger charge is -2.16. The van der Waals surface area contributed by atoms with Crippen molar-refractivity contribution >= 4 is 33.9 Å². The van der Waals surface area contributed by atoms with E-state index < -0.39 is 6.03 Å². The van der Waals surface area contributed by atoms with Crippen LogP contribution in [0.2, 0.25) is 0 Å². The fraction of sp³-hybridized carbons (Fsp3) is 0.238. The lowest BCUT2D eigenvalue weighted by atomic mass is 10.1. The monoisotopic (exact) mass is 444 g/mol. The Morgan fingerprint density at radius 3 is 2.50 bits per heavy atom. The van der Waals surface area contributed by atoms with Gasteiger partial charge in [0.25, 0.3) is 5.91 Å². The van der Waals surface area contributed by atoms with Crippen LogP contribution in [0.4, 0.5) is 4.79 Å².